The quantitative estimate of drug-likeness (QED) is 0.188. The summed E-state index contributed by atoms with van der Waals surface area (Å²) in [6.45, 7) is 10.0. The maximum atomic E-state index is 4.09. The molecule has 2 aromatic heterocycles. The van der Waals surface area contributed by atoms with E-state index in [0.717, 1.165) is 12.1 Å². The normalized spacial score (nSPS) is 12.2. The molecule has 0 atom stereocenters. The van der Waals surface area contributed by atoms with E-state index in [1.165, 1.54) is 54.9 Å². The fourth-order valence-electron chi connectivity index (χ4n) is 5.34. The molecule has 0 unspecified atom stereocenters. The first-order valence-electron chi connectivity index (χ1n) is 11.7. The highest BCUT2D eigenvalue weighted by molar-refractivity contribution is 6.26. The summed E-state index contributed by atoms with van der Waals surface area (Å²) in [5, 5.41) is 5.04. The van der Waals surface area contributed by atoms with Gasteiger partial charge in [-0.05, 0) is 55.3 Å². The van der Waals surface area contributed by atoms with Crippen LogP contribution in [-0.2, 0) is 6.42 Å². The van der Waals surface area contributed by atoms with Crippen LogP contribution < -0.4 is 0 Å². The molecule has 0 amide bonds. The van der Waals surface area contributed by atoms with E-state index >= 15 is 0 Å². The number of nitrogens with zero attached hydrogens (tertiary/aromatic N) is 2. The minimum atomic E-state index is 0.874. The molecule has 2 heteroatoms. The lowest BCUT2D eigenvalue weighted by molar-refractivity contribution is 1.17. The summed E-state index contributed by atoms with van der Waals surface area (Å²) in [6.07, 6.45) is 6.88. The molecule has 0 saturated heterocycles. The van der Waals surface area contributed by atoms with Crippen molar-refractivity contribution < 1.29 is 0 Å². The van der Waals surface area contributed by atoms with Gasteiger partial charge in [-0.3, -0.25) is 0 Å². The number of fused-ring (bicyclic) bond motifs is 7. The third-order valence-corrected chi connectivity index (χ3v) is 6.81. The van der Waals surface area contributed by atoms with Crippen molar-refractivity contribution in [1.82, 2.24) is 9.13 Å². The number of benzene rings is 4. The molecule has 0 N–H and O–H groups in total. The van der Waals surface area contributed by atoms with E-state index < -0.39 is 0 Å². The van der Waals surface area contributed by atoms with Gasteiger partial charge in [0.05, 0.1) is 22.1 Å². The van der Waals surface area contributed by atoms with Crippen LogP contribution in [0, 0.1) is 0 Å². The van der Waals surface area contributed by atoms with Crippen molar-refractivity contribution in [2.75, 3.05) is 0 Å². The predicted octanol–water partition coefficient (Wildman–Crippen LogP) is 8.67. The van der Waals surface area contributed by atoms with E-state index in [1.807, 2.05) is 12.2 Å². The summed E-state index contributed by atoms with van der Waals surface area (Å²) in [5.41, 5.74) is 8.35. The third-order valence-electron chi connectivity index (χ3n) is 6.81. The molecule has 0 aliphatic carbocycles. The van der Waals surface area contributed by atoms with Crippen molar-refractivity contribution in [2.24, 2.45) is 0 Å². The highest BCUT2D eigenvalue weighted by Gasteiger charge is 2.20. The maximum absolute atomic E-state index is 4.09. The molecular formula is C32H26N2. The van der Waals surface area contributed by atoms with Crippen LogP contribution in [0.2, 0.25) is 0 Å². The molecule has 0 spiro atoms. The lowest BCUT2D eigenvalue weighted by Crippen LogP contribution is -1.96. The Bertz CT molecular complexity index is 1750. The molecule has 2 nitrogen and oxygen atoms in total. The lowest BCUT2D eigenvalue weighted by atomic mass is 10.1. The van der Waals surface area contributed by atoms with Crippen LogP contribution in [0.1, 0.15) is 12.5 Å². The van der Waals surface area contributed by atoms with Crippen molar-refractivity contribution in [2.45, 2.75) is 13.3 Å². The molecule has 0 aliphatic rings. The number of hydrogen-bond acceptors (Lipinski definition) is 0. The summed E-state index contributed by atoms with van der Waals surface area (Å²) >= 11 is 0. The van der Waals surface area contributed by atoms with Crippen molar-refractivity contribution in [3.63, 3.8) is 0 Å². The molecule has 0 saturated carbocycles. The zero-order valence-electron chi connectivity index (χ0n) is 19.3. The van der Waals surface area contributed by atoms with E-state index in [4.69, 9.17) is 0 Å². The number of para-hydroxylation sites is 2. The number of allylic oxidation sites excluding steroid dienone is 4. The van der Waals surface area contributed by atoms with Gasteiger partial charge in [0.25, 0.3) is 0 Å². The van der Waals surface area contributed by atoms with Crippen LogP contribution in [0.3, 0.4) is 0 Å². The second-order valence-electron chi connectivity index (χ2n) is 8.64. The van der Waals surface area contributed by atoms with E-state index in [2.05, 4.69) is 120 Å². The SMILES string of the molecule is C=CCc1ccc(-n2c3ccccc3c3ccc4c(c5ccccc5n4/C(C=C)=C/C)c32)cc1. The van der Waals surface area contributed by atoms with Crippen molar-refractivity contribution in [3.05, 3.63) is 122 Å². The molecule has 0 fully saturated rings. The second kappa shape index (κ2) is 7.93. The Morgan fingerprint density at radius 2 is 1.44 bits per heavy atom. The predicted molar refractivity (Wildman–Crippen MR) is 148 cm³/mol. The summed E-state index contributed by atoms with van der Waals surface area (Å²) in [4.78, 5) is 0. The van der Waals surface area contributed by atoms with Gasteiger partial charge in [-0.1, -0.05) is 73.3 Å². The highest BCUT2D eigenvalue weighted by Crippen LogP contribution is 2.41. The fourth-order valence-corrected chi connectivity index (χ4v) is 5.34. The zero-order chi connectivity index (χ0) is 23.2. The van der Waals surface area contributed by atoms with Gasteiger partial charge in [0.1, 0.15) is 0 Å². The molecule has 6 rings (SSSR count). The fraction of sp³-hybridized carbons (Fsp3) is 0.0625. The molecule has 6 aromatic rings. The van der Waals surface area contributed by atoms with Gasteiger partial charge >= 0.3 is 0 Å². The smallest absolute Gasteiger partial charge is 0.0641 e. The van der Waals surface area contributed by atoms with Crippen LogP contribution in [-0.4, -0.2) is 9.13 Å². The maximum Gasteiger partial charge on any atom is 0.0641 e. The zero-order valence-corrected chi connectivity index (χ0v) is 19.3. The minimum Gasteiger partial charge on any atom is -0.310 e. The van der Waals surface area contributed by atoms with Crippen LogP contribution in [0.4, 0.5) is 0 Å². The third kappa shape index (κ3) is 2.82. The topological polar surface area (TPSA) is 9.86 Å². The Labute approximate surface area is 199 Å². The molecule has 0 aliphatic heterocycles. The summed E-state index contributed by atoms with van der Waals surface area (Å²) in [7, 11) is 0. The van der Waals surface area contributed by atoms with Crippen molar-refractivity contribution in [3.8, 4) is 5.69 Å². The number of hydrogen-bond donors (Lipinski definition) is 0. The molecule has 0 radical (unpaired) electrons. The lowest BCUT2D eigenvalue weighted by Gasteiger charge is -2.11. The van der Waals surface area contributed by atoms with Crippen LogP contribution in [0.5, 0.6) is 0 Å². The van der Waals surface area contributed by atoms with E-state index in [0.29, 0.717) is 0 Å². The van der Waals surface area contributed by atoms with Crippen molar-refractivity contribution >= 4 is 49.3 Å². The van der Waals surface area contributed by atoms with Gasteiger partial charge in [-0.15, -0.1) is 6.58 Å². The Balaban J connectivity index is 1.83. The molecule has 34 heavy (non-hydrogen) atoms. The van der Waals surface area contributed by atoms with Gasteiger partial charge < -0.3 is 9.13 Å². The largest absolute Gasteiger partial charge is 0.310 e. The molecule has 4 aromatic carbocycles. The van der Waals surface area contributed by atoms with Gasteiger partial charge in [0.2, 0.25) is 0 Å². The molecule has 2 heterocycles. The van der Waals surface area contributed by atoms with Gasteiger partial charge in [-0.2, -0.15) is 0 Å². The van der Waals surface area contributed by atoms with E-state index in [1.54, 1.807) is 0 Å². The Kier molecular flexibility index (Phi) is 4.74. The average Bonchev–Trinajstić information content (AvgIpc) is 3.39. The summed E-state index contributed by atoms with van der Waals surface area (Å²) in [5.74, 6) is 0. The average molecular weight is 439 g/mol. The molecular weight excluding hydrogens is 412 g/mol. The van der Waals surface area contributed by atoms with Crippen molar-refractivity contribution in [1.29, 1.82) is 0 Å². The first-order chi connectivity index (χ1) is 16.8. The van der Waals surface area contributed by atoms with E-state index in [9.17, 15) is 0 Å². The van der Waals surface area contributed by atoms with E-state index in [-0.39, 0.29) is 0 Å². The van der Waals surface area contributed by atoms with Gasteiger partial charge in [0.15, 0.2) is 0 Å². The minimum absolute atomic E-state index is 0.874. The number of rotatable bonds is 5. The standard InChI is InChI=1S/C32H26N2/c1-4-11-22-16-18-24(19-17-22)34-28-14-9-7-12-25(28)26-20-21-30-31(32(26)34)27-13-8-10-15-29(27)33(30)23(5-2)6-3/h4-10,12-21H,1-2,11H2,3H3/b23-6+. The summed E-state index contributed by atoms with van der Waals surface area (Å²) < 4.78 is 4.75. The van der Waals surface area contributed by atoms with Gasteiger partial charge in [0, 0.05) is 32.9 Å². The van der Waals surface area contributed by atoms with Gasteiger partial charge in [-0.25, -0.2) is 0 Å². The highest BCUT2D eigenvalue weighted by atomic mass is 15.0. The van der Waals surface area contributed by atoms with Crippen LogP contribution in [0.15, 0.2) is 116 Å². The first-order valence-corrected chi connectivity index (χ1v) is 11.7. The molecule has 164 valence electrons. The second-order valence-corrected chi connectivity index (χ2v) is 8.64. The first kappa shape index (κ1) is 20.3. The number of aromatic nitrogens is 2. The Morgan fingerprint density at radius 3 is 2.15 bits per heavy atom. The monoisotopic (exact) mass is 438 g/mol. The Hall–Kier alpha value is -4.30. The summed E-state index contributed by atoms with van der Waals surface area (Å²) in [6, 6.07) is 30.8. The van der Waals surface area contributed by atoms with Crippen LogP contribution >= 0.6 is 0 Å². The van der Waals surface area contributed by atoms with Crippen LogP contribution in [0.25, 0.3) is 55.0 Å². The Morgan fingerprint density at radius 1 is 0.735 bits per heavy atom. The molecule has 0 bridgehead atoms.